The molecule has 0 fully saturated rings. The Morgan fingerprint density at radius 3 is 2.50 bits per heavy atom. The monoisotopic (exact) mass is 160 g/mol. The molecule has 0 aromatic heterocycles. The molecule has 1 rings (SSSR count). The fourth-order valence-electron chi connectivity index (χ4n) is 0.845. The van der Waals surface area contributed by atoms with Crippen molar-refractivity contribution in [1.82, 2.24) is 4.90 Å². The van der Waals surface area contributed by atoms with Gasteiger partial charge in [0.1, 0.15) is 0 Å². The van der Waals surface area contributed by atoms with E-state index in [1.54, 1.807) is 0 Å². The van der Waals surface area contributed by atoms with Crippen LogP contribution in [0.5, 0.6) is 0 Å². The minimum Gasteiger partial charge on any atom is -0.285 e. The van der Waals surface area contributed by atoms with E-state index in [1.165, 1.54) is 11.2 Å². The van der Waals surface area contributed by atoms with E-state index in [4.69, 9.17) is 11.6 Å². The number of nitrogens with zero attached hydrogens (tertiary/aromatic N) is 2. The van der Waals surface area contributed by atoms with Gasteiger partial charge in [-0.3, -0.25) is 14.7 Å². The quantitative estimate of drug-likeness (QED) is 0.390. The molecular formula is C6H9ClN2O. The van der Waals surface area contributed by atoms with Crippen LogP contribution in [0.15, 0.2) is 4.99 Å². The van der Waals surface area contributed by atoms with E-state index in [1.807, 2.05) is 13.8 Å². The Balaban J connectivity index is 2.66. The second-order valence-corrected chi connectivity index (χ2v) is 2.73. The molecule has 1 aliphatic rings. The normalized spacial score (nSPS) is 31.3. The van der Waals surface area contributed by atoms with Crippen molar-refractivity contribution in [3.05, 3.63) is 0 Å². The summed E-state index contributed by atoms with van der Waals surface area (Å²) in [4.78, 5) is 16.0. The van der Waals surface area contributed by atoms with Gasteiger partial charge in [0, 0.05) is 0 Å². The molecule has 2 unspecified atom stereocenters. The van der Waals surface area contributed by atoms with Gasteiger partial charge >= 0.3 is 5.37 Å². The van der Waals surface area contributed by atoms with Crippen molar-refractivity contribution in [3.8, 4) is 0 Å². The molecule has 0 saturated carbocycles. The Morgan fingerprint density at radius 2 is 2.30 bits per heavy atom. The minimum atomic E-state index is -0.458. The number of carbonyl (C=O) groups excluding carboxylic acids is 1. The van der Waals surface area contributed by atoms with Crippen LogP contribution in [0.1, 0.15) is 13.8 Å². The third-order valence-electron chi connectivity index (χ3n) is 1.77. The maximum absolute atomic E-state index is 10.6. The van der Waals surface area contributed by atoms with Crippen molar-refractivity contribution in [2.75, 3.05) is 0 Å². The molecule has 2 atom stereocenters. The smallest absolute Gasteiger partial charge is 0.285 e. The van der Waals surface area contributed by atoms with Gasteiger partial charge in [0.2, 0.25) is 0 Å². The highest BCUT2D eigenvalue weighted by Gasteiger charge is 2.26. The molecule has 1 amide bonds. The van der Waals surface area contributed by atoms with E-state index in [0.717, 1.165) is 0 Å². The summed E-state index contributed by atoms with van der Waals surface area (Å²) in [7, 11) is 0. The molecule has 3 nitrogen and oxygen atoms in total. The number of aliphatic imine (C=N–C) groups is 1. The van der Waals surface area contributed by atoms with E-state index in [2.05, 4.69) is 4.99 Å². The maximum atomic E-state index is 10.6. The first-order valence-corrected chi connectivity index (χ1v) is 3.52. The molecule has 0 radical (unpaired) electrons. The lowest BCUT2D eigenvalue weighted by atomic mass is 10.2. The van der Waals surface area contributed by atoms with Crippen LogP contribution in [-0.4, -0.2) is 28.7 Å². The zero-order chi connectivity index (χ0) is 7.72. The molecule has 0 bridgehead atoms. The van der Waals surface area contributed by atoms with Gasteiger partial charge in [-0.05, 0) is 25.4 Å². The maximum Gasteiger partial charge on any atom is 0.321 e. The Morgan fingerprint density at radius 1 is 1.70 bits per heavy atom. The third kappa shape index (κ3) is 1.14. The van der Waals surface area contributed by atoms with E-state index in [-0.39, 0.29) is 12.1 Å². The Bertz CT molecular complexity index is 181. The molecule has 0 aromatic rings. The van der Waals surface area contributed by atoms with Crippen LogP contribution in [0.3, 0.4) is 0 Å². The topological polar surface area (TPSA) is 32.7 Å². The van der Waals surface area contributed by atoms with Crippen LogP contribution in [0.4, 0.5) is 4.79 Å². The summed E-state index contributed by atoms with van der Waals surface area (Å²) in [6.45, 7) is 3.86. The first-order valence-electron chi connectivity index (χ1n) is 3.14. The van der Waals surface area contributed by atoms with Crippen LogP contribution in [0, 0.1) is 0 Å². The lowest BCUT2D eigenvalue weighted by Gasteiger charge is -2.17. The van der Waals surface area contributed by atoms with Crippen molar-refractivity contribution in [2.45, 2.75) is 25.9 Å². The van der Waals surface area contributed by atoms with Gasteiger partial charge in [0.15, 0.2) is 0 Å². The first kappa shape index (κ1) is 7.54. The summed E-state index contributed by atoms with van der Waals surface area (Å²) in [5, 5.41) is -0.458. The molecule has 0 aliphatic carbocycles. The Hall–Kier alpha value is -0.570. The summed E-state index contributed by atoms with van der Waals surface area (Å²) in [5.74, 6) is 0. The Labute approximate surface area is 64.7 Å². The third-order valence-corrected chi connectivity index (χ3v) is 1.96. The molecular weight excluding hydrogens is 152 g/mol. The molecule has 10 heavy (non-hydrogen) atoms. The van der Waals surface area contributed by atoms with Crippen molar-refractivity contribution >= 4 is 23.3 Å². The summed E-state index contributed by atoms with van der Waals surface area (Å²) in [6, 6.07) is 0.271. The predicted octanol–water partition coefficient (Wildman–Crippen LogP) is 1.47. The fourth-order valence-corrected chi connectivity index (χ4v) is 1.04. The fraction of sp³-hybridized carbons (Fsp3) is 0.667. The van der Waals surface area contributed by atoms with Crippen LogP contribution < -0.4 is 0 Å². The molecule has 56 valence electrons. The van der Waals surface area contributed by atoms with E-state index >= 15 is 0 Å². The summed E-state index contributed by atoms with van der Waals surface area (Å²) >= 11 is 5.24. The number of carbonyl (C=O) groups is 1. The van der Waals surface area contributed by atoms with Crippen molar-refractivity contribution in [2.24, 2.45) is 4.99 Å². The molecule has 4 heteroatoms. The Kier molecular flexibility index (Phi) is 1.94. The number of hydrogen-bond donors (Lipinski definition) is 0. The van der Waals surface area contributed by atoms with Gasteiger partial charge in [-0.1, -0.05) is 0 Å². The van der Waals surface area contributed by atoms with Gasteiger partial charge in [-0.25, -0.2) is 0 Å². The van der Waals surface area contributed by atoms with E-state index in [9.17, 15) is 4.79 Å². The highest BCUT2D eigenvalue weighted by atomic mass is 35.5. The molecule has 0 N–H and O–H groups in total. The van der Waals surface area contributed by atoms with Gasteiger partial charge < -0.3 is 0 Å². The van der Waals surface area contributed by atoms with Gasteiger partial charge in [-0.2, -0.15) is 0 Å². The highest BCUT2D eigenvalue weighted by Crippen LogP contribution is 2.13. The summed E-state index contributed by atoms with van der Waals surface area (Å²) in [5.41, 5.74) is 0. The molecule has 1 aliphatic heterocycles. The second-order valence-electron chi connectivity index (χ2n) is 2.41. The first-order chi connectivity index (χ1) is 4.63. The molecule has 0 spiro atoms. The van der Waals surface area contributed by atoms with Crippen molar-refractivity contribution < 1.29 is 4.79 Å². The van der Waals surface area contributed by atoms with Gasteiger partial charge in [0.25, 0.3) is 0 Å². The number of rotatable bonds is 0. The molecule has 1 heterocycles. The lowest BCUT2D eigenvalue weighted by molar-refractivity contribution is 0.235. The van der Waals surface area contributed by atoms with Crippen molar-refractivity contribution in [3.63, 3.8) is 0 Å². The standard InChI is InChI=1S/C6H9ClN2O/c1-4-5(2)9(3-8-4)6(7)10/h3-5H,1-2H3. The molecule has 0 saturated heterocycles. The molecule has 0 aromatic carbocycles. The predicted molar refractivity (Wildman–Crippen MR) is 40.5 cm³/mol. The lowest BCUT2D eigenvalue weighted by Crippen LogP contribution is -2.34. The average molecular weight is 161 g/mol. The zero-order valence-electron chi connectivity index (χ0n) is 5.91. The van der Waals surface area contributed by atoms with Crippen LogP contribution in [0.25, 0.3) is 0 Å². The number of amides is 1. The second kappa shape index (κ2) is 2.58. The summed E-state index contributed by atoms with van der Waals surface area (Å²) in [6.07, 6.45) is 1.49. The van der Waals surface area contributed by atoms with Crippen LogP contribution in [0.2, 0.25) is 0 Å². The van der Waals surface area contributed by atoms with Crippen molar-refractivity contribution in [1.29, 1.82) is 0 Å². The number of halogens is 1. The number of hydrogen-bond acceptors (Lipinski definition) is 2. The summed E-state index contributed by atoms with van der Waals surface area (Å²) < 4.78 is 0. The minimum absolute atomic E-state index is 0.102. The van der Waals surface area contributed by atoms with Gasteiger partial charge in [-0.15, -0.1) is 0 Å². The van der Waals surface area contributed by atoms with E-state index < -0.39 is 5.37 Å². The van der Waals surface area contributed by atoms with Crippen LogP contribution >= 0.6 is 11.6 Å². The highest BCUT2D eigenvalue weighted by molar-refractivity contribution is 6.63. The average Bonchev–Trinajstić information content (AvgIpc) is 2.14. The zero-order valence-corrected chi connectivity index (χ0v) is 6.67. The van der Waals surface area contributed by atoms with E-state index in [0.29, 0.717) is 0 Å². The SMILES string of the molecule is CC1N=CN(C(=O)Cl)C1C. The van der Waals surface area contributed by atoms with Crippen LogP contribution in [-0.2, 0) is 0 Å². The van der Waals surface area contributed by atoms with Gasteiger partial charge in [0.05, 0.1) is 18.4 Å². The largest absolute Gasteiger partial charge is 0.321 e.